The SMILES string of the molecule is N=C(COS(=O)(=O)c1ccccc1)c1nccs1. The monoisotopic (exact) mass is 282 g/mol. The van der Waals surface area contributed by atoms with E-state index >= 15 is 0 Å². The van der Waals surface area contributed by atoms with Gasteiger partial charge in [-0.05, 0) is 12.1 Å². The van der Waals surface area contributed by atoms with Crippen molar-refractivity contribution in [1.82, 2.24) is 4.98 Å². The molecule has 0 aliphatic carbocycles. The van der Waals surface area contributed by atoms with Gasteiger partial charge in [-0.3, -0.25) is 9.59 Å². The Labute approximate surface area is 109 Å². The molecule has 0 amide bonds. The maximum absolute atomic E-state index is 11.8. The Bertz CT molecular complexity index is 622. The third-order valence-corrected chi connectivity index (χ3v) is 4.19. The molecule has 0 spiro atoms. The molecule has 0 fully saturated rings. The summed E-state index contributed by atoms with van der Waals surface area (Å²) in [6.45, 7) is -0.315. The van der Waals surface area contributed by atoms with Crippen LogP contribution in [0.1, 0.15) is 5.01 Å². The van der Waals surface area contributed by atoms with Crippen LogP contribution in [0, 0.1) is 5.41 Å². The first kappa shape index (κ1) is 12.9. The lowest BCUT2D eigenvalue weighted by Crippen LogP contribution is -2.14. The summed E-state index contributed by atoms with van der Waals surface area (Å²) in [6, 6.07) is 7.84. The van der Waals surface area contributed by atoms with Crippen molar-refractivity contribution >= 4 is 27.2 Å². The van der Waals surface area contributed by atoms with Crippen LogP contribution in [0.4, 0.5) is 0 Å². The highest BCUT2D eigenvalue weighted by Gasteiger charge is 2.16. The van der Waals surface area contributed by atoms with Crippen LogP contribution >= 0.6 is 11.3 Å². The van der Waals surface area contributed by atoms with Gasteiger partial charge >= 0.3 is 0 Å². The standard InChI is InChI=1S/C11H10N2O3S2/c12-10(11-13-6-7-17-11)8-16-18(14,15)9-4-2-1-3-5-9/h1-7,12H,8H2. The van der Waals surface area contributed by atoms with Gasteiger partial charge in [-0.1, -0.05) is 18.2 Å². The van der Waals surface area contributed by atoms with Crippen LogP contribution in [-0.4, -0.2) is 25.7 Å². The molecular formula is C11H10N2O3S2. The van der Waals surface area contributed by atoms with Gasteiger partial charge in [0.15, 0.2) is 0 Å². The molecule has 1 aromatic heterocycles. The number of rotatable bonds is 5. The minimum absolute atomic E-state index is 0.0458. The molecule has 7 heteroatoms. The molecule has 0 saturated carbocycles. The summed E-state index contributed by atoms with van der Waals surface area (Å²) in [5.74, 6) is 0. The zero-order valence-corrected chi connectivity index (χ0v) is 10.9. The number of nitrogens with one attached hydrogen (secondary N) is 1. The second-order valence-electron chi connectivity index (χ2n) is 3.35. The molecule has 5 nitrogen and oxygen atoms in total. The fraction of sp³-hybridized carbons (Fsp3) is 0.0909. The highest BCUT2D eigenvalue weighted by Crippen LogP contribution is 2.12. The van der Waals surface area contributed by atoms with E-state index in [1.807, 2.05) is 0 Å². The van der Waals surface area contributed by atoms with Gasteiger partial charge in [-0.15, -0.1) is 11.3 Å². The molecule has 0 atom stereocenters. The molecule has 1 N–H and O–H groups in total. The van der Waals surface area contributed by atoms with Crippen LogP contribution in [0.2, 0.25) is 0 Å². The molecule has 0 saturated heterocycles. The largest absolute Gasteiger partial charge is 0.300 e. The molecule has 0 aliphatic rings. The first-order valence-electron chi connectivity index (χ1n) is 5.01. The minimum Gasteiger partial charge on any atom is -0.300 e. The summed E-state index contributed by atoms with van der Waals surface area (Å²) < 4.78 is 28.4. The average molecular weight is 282 g/mol. The maximum Gasteiger partial charge on any atom is 0.297 e. The molecule has 94 valence electrons. The van der Waals surface area contributed by atoms with Crippen molar-refractivity contribution in [3.05, 3.63) is 46.9 Å². The summed E-state index contributed by atoms with van der Waals surface area (Å²) in [4.78, 5) is 3.99. The van der Waals surface area contributed by atoms with Crippen molar-refractivity contribution < 1.29 is 12.6 Å². The molecular weight excluding hydrogens is 272 g/mol. The summed E-state index contributed by atoms with van der Waals surface area (Å²) >= 11 is 1.27. The zero-order chi connectivity index (χ0) is 13.0. The Morgan fingerprint density at radius 3 is 2.67 bits per heavy atom. The van der Waals surface area contributed by atoms with E-state index in [2.05, 4.69) is 4.98 Å². The predicted octanol–water partition coefficient (Wildman–Crippen LogP) is 1.92. The van der Waals surface area contributed by atoms with Crippen molar-refractivity contribution in [3.8, 4) is 0 Å². The molecule has 18 heavy (non-hydrogen) atoms. The molecule has 2 aromatic rings. The summed E-state index contributed by atoms with van der Waals surface area (Å²) in [5.41, 5.74) is 0.0458. The van der Waals surface area contributed by atoms with Gasteiger partial charge in [0, 0.05) is 11.6 Å². The Hall–Kier alpha value is -1.57. The number of aromatic nitrogens is 1. The lowest BCUT2D eigenvalue weighted by Gasteiger charge is -2.04. The zero-order valence-electron chi connectivity index (χ0n) is 9.24. The first-order chi connectivity index (χ1) is 8.59. The van der Waals surface area contributed by atoms with Crippen molar-refractivity contribution in [2.45, 2.75) is 4.90 Å². The van der Waals surface area contributed by atoms with Gasteiger partial charge in [-0.25, -0.2) is 4.98 Å². The second kappa shape index (κ2) is 5.38. The van der Waals surface area contributed by atoms with Crippen LogP contribution in [-0.2, 0) is 14.3 Å². The van der Waals surface area contributed by atoms with Crippen LogP contribution in [0.3, 0.4) is 0 Å². The lowest BCUT2D eigenvalue weighted by atomic mass is 10.4. The smallest absolute Gasteiger partial charge is 0.297 e. The van der Waals surface area contributed by atoms with E-state index in [-0.39, 0.29) is 17.2 Å². The van der Waals surface area contributed by atoms with Crippen LogP contribution < -0.4 is 0 Å². The second-order valence-corrected chi connectivity index (χ2v) is 5.86. The van der Waals surface area contributed by atoms with Gasteiger partial charge in [0.25, 0.3) is 10.1 Å². The maximum atomic E-state index is 11.8. The fourth-order valence-electron chi connectivity index (χ4n) is 1.23. The quantitative estimate of drug-likeness (QED) is 0.671. The van der Waals surface area contributed by atoms with Gasteiger partial charge in [0.05, 0.1) is 10.6 Å². The Morgan fingerprint density at radius 1 is 1.33 bits per heavy atom. The highest BCUT2D eigenvalue weighted by molar-refractivity contribution is 7.86. The number of nitrogens with zero attached hydrogens (tertiary/aromatic N) is 1. The van der Waals surface area contributed by atoms with E-state index in [1.165, 1.54) is 23.5 Å². The van der Waals surface area contributed by atoms with E-state index in [4.69, 9.17) is 9.59 Å². The van der Waals surface area contributed by atoms with Crippen molar-refractivity contribution in [2.75, 3.05) is 6.61 Å². The third kappa shape index (κ3) is 3.00. The molecule has 0 bridgehead atoms. The summed E-state index contributed by atoms with van der Waals surface area (Å²) in [7, 11) is -3.81. The molecule has 1 heterocycles. The van der Waals surface area contributed by atoms with E-state index < -0.39 is 10.1 Å². The molecule has 0 unspecified atom stereocenters. The van der Waals surface area contributed by atoms with Gasteiger partial charge in [-0.2, -0.15) is 8.42 Å². The Kier molecular flexibility index (Phi) is 3.85. The number of hydrogen-bond acceptors (Lipinski definition) is 6. The van der Waals surface area contributed by atoms with Crippen LogP contribution in [0.15, 0.2) is 46.8 Å². The predicted molar refractivity (Wildman–Crippen MR) is 68.5 cm³/mol. The van der Waals surface area contributed by atoms with Crippen molar-refractivity contribution in [2.24, 2.45) is 0 Å². The normalized spacial score (nSPS) is 11.3. The molecule has 1 aromatic carbocycles. The Morgan fingerprint density at radius 2 is 2.06 bits per heavy atom. The topological polar surface area (TPSA) is 80.1 Å². The Balaban J connectivity index is 2.05. The third-order valence-electron chi connectivity index (χ3n) is 2.08. The minimum atomic E-state index is -3.81. The van der Waals surface area contributed by atoms with Gasteiger partial charge in [0.1, 0.15) is 11.6 Å². The number of hydrogen-bond donors (Lipinski definition) is 1. The van der Waals surface area contributed by atoms with Crippen molar-refractivity contribution in [1.29, 1.82) is 5.41 Å². The summed E-state index contributed by atoms with van der Waals surface area (Å²) in [6.07, 6.45) is 1.56. The van der Waals surface area contributed by atoms with Crippen LogP contribution in [0.5, 0.6) is 0 Å². The lowest BCUT2D eigenvalue weighted by molar-refractivity contribution is 0.368. The molecule has 0 radical (unpaired) electrons. The number of benzene rings is 1. The average Bonchev–Trinajstić information content (AvgIpc) is 2.91. The van der Waals surface area contributed by atoms with Crippen LogP contribution in [0.25, 0.3) is 0 Å². The highest BCUT2D eigenvalue weighted by atomic mass is 32.2. The fourth-order valence-corrected chi connectivity index (χ4v) is 2.70. The molecule has 0 aliphatic heterocycles. The van der Waals surface area contributed by atoms with E-state index in [0.29, 0.717) is 5.01 Å². The molecule has 2 rings (SSSR count). The van der Waals surface area contributed by atoms with E-state index in [1.54, 1.807) is 29.8 Å². The van der Waals surface area contributed by atoms with Crippen molar-refractivity contribution in [3.63, 3.8) is 0 Å². The van der Waals surface area contributed by atoms with Gasteiger partial charge in [0.2, 0.25) is 0 Å². The summed E-state index contributed by atoms with van der Waals surface area (Å²) in [5, 5.41) is 9.82. The first-order valence-corrected chi connectivity index (χ1v) is 7.30. The van der Waals surface area contributed by atoms with Gasteiger partial charge < -0.3 is 0 Å². The van der Waals surface area contributed by atoms with E-state index in [0.717, 1.165) is 0 Å². The van der Waals surface area contributed by atoms with E-state index in [9.17, 15) is 8.42 Å². The number of thiazole rings is 1.